The van der Waals surface area contributed by atoms with E-state index in [1.54, 1.807) is 6.07 Å². The van der Waals surface area contributed by atoms with Gasteiger partial charge in [0.1, 0.15) is 5.82 Å². The lowest BCUT2D eigenvalue weighted by Crippen LogP contribution is -2.32. The maximum Gasteiger partial charge on any atom is 0.125 e. The molecule has 2 N–H and O–H groups in total. The van der Waals surface area contributed by atoms with Crippen LogP contribution >= 0.6 is 0 Å². The summed E-state index contributed by atoms with van der Waals surface area (Å²) in [6.07, 6.45) is 1.81. The molecule has 0 spiro atoms. The fourth-order valence-electron chi connectivity index (χ4n) is 1.85. The van der Waals surface area contributed by atoms with E-state index < -0.39 is 0 Å². The molecule has 17 heavy (non-hydrogen) atoms. The molecular weight excluding hydrogens is 217 g/mol. The summed E-state index contributed by atoms with van der Waals surface area (Å²) in [6, 6.07) is 4.72. The van der Waals surface area contributed by atoms with Crippen LogP contribution in [0.2, 0.25) is 0 Å². The lowest BCUT2D eigenvalue weighted by molar-refractivity contribution is 0.127. The fraction of sp³-hybridized carbons (Fsp3) is 0.571. The maximum atomic E-state index is 13.1. The molecule has 1 aromatic rings. The monoisotopic (exact) mass is 239 g/mol. The summed E-state index contributed by atoms with van der Waals surface area (Å²) >= 11 is 0. The first-order valence-corrected chi connectivity index (χ1v) is 6.18. The summed E-state index contributed by atoms with van der Waals surface area (Å²) in [5.74, 6) is -0.235. The van der Waals surface area contributed by atoms with Crippen molar-refractivity contribution in [3.8, 4) is 0 Å². The van der Waals surface area contributed by atoms with E-state index in [2.05, 4.69) is 19.2 Å². The van der Waals surface area contributed by atoms with Crippen LogP contribution in [0.15, 0.2) is 18.2 Å². The Morgan fingerprint density at radius 2 is 1.94 bits per heavy atom. The average Bonchev–Trinajstić information content (AvgIpc) is 2.35. The zero-order valence-electron chi connectivity index (χ0n) is 10.9. The van der Waals surface area contributed by atoms with Crippen molar-refractivity contribution in [1.82, 2.24) is 0 Å². The van der Waals surface area contributed by atoms with E-state index in [1.165, 1.54) is 12.1 Å². The predicted octanol–water partition coefficient (Wildman–Crippen LogP) is 3.34. The average molecular weight is 239 g/mol. The van der Waals surface area contributed by atoms with Crippen LogP contribution in [0.5, 0.6) is 0 Å². The summed E-state index contributed by atoms with van der Waals surface area (Å²) in [5.41, 5.74) is 1.72. The molecule has 0 saturated heterocycles. The van der Waals surface area contributed by atoms with E-state index in [4.69, 9.17) is 0 Å². The van der Waals surface area contributed by atoms with E-state index in [0.29, 0.717) is 6.54 Å². The normalized spacial score (nSPS) is 11.6. The summed E-state index contributed by atoms with van der Waals surface area (Å²) in [4.78, 5) is 0. The van der Waals surface area contributed by atoms with Gasteiger partial charge in [-0.3, -0.25) is 0 Å². The number of aliphatic hydroxyl groups is 1. The number of nitrogens with one attached hydrogen (secondary N) is 1. The maximum absolute atomic E-state index is 13.1. The lowest BCUT2D eigenvalue weighted by atomic mass is 9.83. The molecule has 1 rings (SSSR count). The van der Waals surface area contributed by atoms with Crippen LogP contribution in [0.4, 0.5) is 10.1 Å². The van der Waals surface area contributed by atoms with Gasteiger partial charge in [-0.25, -0.2) is 4.39 Å². The van der Waals surface area contributed by atoms with Crippen LogP contribution in [0.3, 0.4) is 0 Å². The predicted molar refractivity (Wildman–Crippen MR) is 69.7 cm³/mol. The number of benzene rings is 1. The van der Waals surface area contributed by atoms with E-state index in [0.717, 1.165) is 24.1 Å². The first-order chi connectivity index (χ1) is 8.06. The Morgan fingerprint density at radius 1 is 1.29 bits per heavy atom. The van der Waals surface area contributed by atoms with Gasteiger partial charge in [-0.2, -0.15) is 0 Å². The topological polar surface area (TPSA) is 32.3 Å². The van der Waals surface area contributed by atoms with E-state index in [-0.39, 0.29) is 17.8 Å². The van der Waals surface area contributed by atoms with E-state index in [1.807, 2.05) is 6.92 Å². The minimum absolute atomic E-state index is 0.112. The zero-order valence-corrected chi connectivity index (χ0v) is 10.9. The number of aliphatic hydroxyl groups excluding tert-OH is 1. The first-order valence-electron chi connectivity index (χ1n) is 6.18. The number of aryl methyl sites for hydroxylation is 1. The molecule has 0 aliphatic rings. The summed E-state index contributed by atoms with van der Waals surface area (Å²) in [7, 11) is 0. The van der Waals surface area contributed by atoms with Crippen molar-refractivity contribution in [2.75, 3.05) is 18.5 Å². The largest absolute Gasteiger partial charge is 0.396 e. The fourth-order valence-corrected chi connectivity index (χ4v) is 1.85. The summed E-state index contributed by atoms with van der Waals surface area (Å²) in [5, 5.41) is 12.7. The standard InChI is InChI=1S/C14H22FNO/c1-4-14(5-2,10-17)9-16-13-8-12(15)7-6-11(13)3/h6-8,16-17H,4-5,9-10H2,1-3H3. The van der Waals surface area contributed by atoms with E-state index in [9.17, 15) is 9.50 Å². The van der Waals surface area contributed by atoms with Gasteiger partial charge >= 0.3 is 0 Å². The highest BCUT2D eigenvalue weighted by atomic mass is 19.1. The molecule has 0 aliphatic carbocycles. The number of hydrogen-bond donors (Lipinski definition) is 2. The Morgan fingerprint density at radius 3 is 2.47 bits per heavy atom. The molecule has 3 heteroatoms. The second kappa shape index (κ2) is 6.01. The second-order valence-electron chi connectivity index (χ2n) is 4.68. The Kier molecular flexibility index (Phi) is 4.94. The SMILES string of the molecule is CCC(CC)(CO)CNc1cc(F)ccc1C. The van der Waals surface area contributed by atoms with Gasteiger partial charge in [0.2, 0.25) is 0 Å². The lowest BCUT2D eigenvalue weighted by Gasteiger charge is -2.30. The third kappa shape index (κ3) is 3.43. The van der Waals surface area contributed by atoms with Crippen molar-refractivity contribution in [1.29, 1.82) is 0 Å². The molecule has 2 nitrogen and oxygen atoms in total. The van der Waals surface area contributed by atoms with Gasteiger partial charge in [0.15, 0.2) is 0 Å². The van der Waals surface area contributed by atoms with Crippen molar-refractivity contribution in [2.45, 2.75) is 33.6 Å². The molecule has 96 valence electrons. The van der Waals surface area contributed by atoms with Gasteiger partial charge in [0.05, 0.1) is 6.61 Å². The number of anilines is 1. The molecule has 0 atom stereocenters. The first kappa shape index (κ1) is 14.0. The Hall–Kier alpha value is -1.09. The third-order valence-electron chi connectivity index (χ3n) is 3.69. The molecule has 0 unspecified atom stereocenters. The van der Waals surface area contributed by atoms with E-state index >= 15 is 0 Å². The van der Waals surface area contributed by atoms with Crippen LogP contribution in [0.1, 0.15) is 32.3 Å². The van der Waals surface area contributed by atoms with Crippen molar-refractivity contribution in [3.05, 3.63) is 29.6 Å². The van der Waals surface area contributed by atoms with Crippen LogP contribution in [-0.2, 0) is 0 Å². The van der Waals surface area contributed by atoms with Gasteiger partial charge in [0, 0.05) is 17.6 Å². The van der Waals surface area contributed by atoms with Gasteiger partial charge in [0.25, 0.3) is 0 Å². The molecule has 0 heterocycles. The minimum Gasteiger partial charge on any atom is -0.396 e. The number of halogens is 1. The van der Waals surface area contributed by atoms with Gasteiger partial charge in [-0.1, -0.05) is 19.9 Å². The molecule has 1 aromatic carbocycles. The summed E-state index contributed by atoms with van der Waals surface area (Å²) in [6.45, 7) is 6.90. The second-order valence-corrected chi connectivity index (χ2v) is 4.68. The van der Waals surface area contributed by atoms with Crippen LogP contribution < -0.4 is 5.32 Å². The Labute approximate surface area is 103 Å². The van der Waals surface area contributed by atoms with Gasteiger partial charge in [-0.15, -0.1) is 0 Å². The van der Waals surface area contributed by atoms with Crippen LogP contribution in [0, 0.1) is 18.2 Å². The molecule has 0 radical (unpaired) electrons. The van der Waals surface area contributed by atoms with Crippen molar-refractivity contribution < 1.29 is 9.50 Å². The highest BCUT2D eigenvalue weighted by Gasteiger charge is 2.24. The Balaban J connectivity index is 2.75. The van der Waals surface area contributed by atoms with Gasteiger partial charge in [-0.05, 0) is 37.5 Å². The van der Waals surface area contributed by atoms with Crippen molar-refractivity contribution in [3.63, 3.8) is 0 Å². The zero-order chi connectivity index (χ0) is 12.9. The third-order valence-corrected chi connectivity index (χ3v) is 3.69. The molecule has 0 fully saturated rings. The highest BCUT2D eigenvalue weighted by molar-refractivity contribution is 5.50. The molecule has 0 aliphatic heterocycles. The number of hydrogen-bond acceptors (Lipinski definition) is 2. The van der Waals surface area contributed by atoms with Gasteiger partial charge < -0.3 is 10.4 Å². The van der Waals surface area contributed by atoms with Crippen molar-refractivity contribution >= 4 is 5.69 Å². The molecule has 0 amide bonds. The van der Waals surface area contributed by atoms with Crippen LogP contribution in [0.25, 0.3) is 0 Å². The van der Waals surface area contributed by atoms with Crippen LogP contribution in [-0.4, -0.2) is 18.3 Å². The highest BCUT2D eigenvalue weighted by Crippen LogP contribution is 2.27. The number of rotatable bonds is 6. The van der Waals surface area contributed by atoms with Crippen molar-refractivity contribution in [2.24, 2.45) is 5.41 Å². The molecule has 0 bridgehead atoms. The smallest absolute Gasteiger partial charge is 0.125 e. The quantitative estimate of drug-likeness (QED) is 0.798. The molecule has 0 saturated carbocycles. The molecule has 0 aromatic heterocycles. The minimum atomic E-state index is -0.235. The summed E-state index contributed by atoms with van der Waals surface area (Å²) < 4.78 is 13.1. The Bertz CT molecular complexity index is 353. The molecular formula is C14H22FNO.